The van der Waals surface area contributed by atoms with Crippen molar-refractivity contribution in [1.29, 1.82) is 0 Å². The van der Waals surface area contributed by atoms with Gasteiger partial charge in [-0.25, -0.2) is 0 Å². The average molecular weight is 873 g/mol. The summed E-state index contributed by atoms with van der Waals surface area (Å²) in [5.74, 6) is 0. The topological polar surface area (TPSA) is 9.86 Å². The lowest BCUT2D eigenvalue weighted by atomic mass is 9.97. The zero-order valence-electron chi connectivity index (χ0n) is 35.5. The average Bonchev–Trinajstić information content (AvgIpc) is 4.13. The first-order valence-corrected chi connectivity index (χ1v) is 24.2. The van der Waals surface area contributed by atoms with Crippen molar-refractivity contribution in [2.24, 2.45) is 0 Å². The SMILES string of the molecule is c1ccc2c(-n3c4ccc(-c5ccc(-c6ccc7c(c6)c6c8c(ccc6n7-c6cccc7ccccc67)sc6ccccc68)cc5)cc4c4c5c(ccc43)sc3ccccc35)cccc2c1. The Hall–Kier alpha value is -8.02. The Morgan fingerprint density at radius 2 is 0.621 bits per heavy atom. The van der Waals surface area contributed by atoms with Gasteiger partial charge in [-0.15, -0.1) is 22.7 Å². The third-order valence-corrected chi connectivity index (χ3v) is 16.4. The van der Waals surface area contributed by atoms with Crippen LogP contribution >= 0.6 is 22.7 Å². The van der Waals surface area contributed by atoms with Crippen molar-refractivity contribution in [3.05, 3.63) is 218 Å². The van der Waals surface area contributed by atoms with Crippen LogP contribution in [0.2, 0.25) is 0 Å². The zero-order valence-corrected chi connectivity index (χ0v) is 37.1. The molecule has 0 saturated heterocycles. The Labute approximate surface area is 387 Å². The number of rotatable bonds is 4. The van der Waals surface area contributed by atoms with E-state index in [9.17, 15) is 0 Å². The first-order chi connectivity index (χ1) is 32.7. The molecule has 0 aliphatic heterocycles. The van der Waals surface area contributed by atoms with E-state index in [-0.39, 0.29) is 0 Å². The van der Waals surface area contributed by atoms with E-state index in [2.05, 4.69) is 228 Å². The molecule has 0 spiro atoms. The van der Waals surface area contributed by atoms with Crippen LogP contribution in [0.5, 0.6) is 0 Å². The number of fused-ring (bicyclic) bond motifs is 16. The number of hydrogen-bond donors (Lipinski definition) is 0. The second kappa shape index (κ2) is 13.7. The number of thiophene rings is 2. The highest BCUT2D eigenvalue weighted by Gasteiger charge is 2.22. The van der Waals surface area contributed by atoms with Gasteiger partial charge in [-0.1, -0.05) is 146 Å². The highest BCUT2D eigenvalue weighted by molar-refractivity contribution is 7.26. The van der Waals surface area contributed by atoms with Gasteiger partial charge in [0.25, 0.3) is 0 Å². The molecule has 4 heteroatoms. The minimum atomic E-state index is 1.20. The van der Waals surface area contributed by atoms with Crippen LogP contribution in [-0.2, 0) is 0 Å². The molecule has 4 aromatic heterocycles. The van der Waals surface area contributed by atoms with Gasteiger partial charge in [-0.3, -0.25) is 0 Å². The number of nitrogens with zero attached hydrogens (tertiary/aromatic N) is 2. The first-order valence-electron chi connectivity index (χ1n) is 22.6. The molecule has 0 aliphatic carbocycles. The van der Waals surface area contributed by atoms with Crippen LogP contribution in [0.15, 0.2) is 218 Å². The van der Waals surface area contributed by atoms with Gasteiger partial charge in [0.1, 0.15) is 0 Å². The van der Waals surface area contributed by atoms with E-state index >= 15 is 0 Å². The summed E-state index contributed by atoms with van der Waals surface area (Å²) in [4.78, 5) is 0. The molecule has 0 N–H and O–H groups in total. The molecule has 0 aliphatic rings. The lowest BCUT2D eigenvalue weighted by Crippen LogP contribution is -1.95. The summed E-state index contributed by atoms with van der Waals surface area (Å²) in [6, 6.07) is 81.4. The van der Waals surface area contributed by atoms with Gasteiger partial charge < -0.3 is 9.13 Å². The fourth-order valence-electron chi connectivity index (χ4n) is 11.2. The van der Waals surface area contributed by atoms with Gasteiger partial charge in [0.15, 0.2) is 0 Å². The molecule has 2 nitrogen and oxygen atoms in total. The smallest absolute Gasteiger partial charge is 0.0548 e. The second-order valence-corrected chi connectivity index (χ2v) is 19.7. The van der Waals surface area contributed by atoms with Crippen molar-refractivity contribution >= 4 is 128 Å². The molecule has 0 saturated carbocycles. The predicted octanol–water partition coefficient (Wildman–Crippen LogP) is 18.3. The molecule has 0 atom stereocenters. The summed E-state index contributed by atoms with van der Waals surface area (Å²) in [5, 5.41) is 15.5. The Bertz CT molecular complexity index is 4220. The normalized spacial score (nSPS) is 12.2. The Morgan fingerprint density at radius 1 is 0.242 bits per heavy atom. The van der Waals surface area contributed by atoms with Crippen molar-refractivity contribution in [3.63, 3.8) is 0 Å². The lowest BCUT2D eigenvalue weighted by Gasteiger charge is -2.12. The monoisotopic (exact) mass is 872 g/mol. The maximum atomic E-state index is 2.49. The number of hydrogen-bond acceptors (Lipinski definition) is 2. The van der Waals surface area contributed by atoms with Crippen molar-refractivity contribution in [2.45, 2.75) is 0 Å². The van der Waals surface area contributed by atoms with Gasteiger partial charge in [-0.2, -0.15) is 0 Å². The lowest BCUT2D eigenvalue weighted by molar-refractivity contribution is 1.20. The van der Waals surface area contributed by atoms with Crippen molar-refractivity contribution < 1.29 is 0 Å². The zero-order chi connectivity index (χ0) is 43.0. The van der Waals surface area contributed by atoms with Crippen LogP contribution in [-0.4, -0.2) is 9.13 Å². The van der Waals surface area contributed by atoms with E-state index in [1.807, 2.05) is 22.7 Å². The van der Waals surface area contributed by atoms with E-state index in [1.165, 1.54) is 139 Å². The number of aromatic nitrogens is 2. The highest BCUT2D eigenvalue weighted by Crippen LogP contribution is 2.47. The fourth-order valence-corrected chi connectivity index (χ4v) is 13.4. The van der Waals surface area contributed by atoms with E-state index < -0.39 is 0 Å². The van der Waals surface area contributed by atoms with Crippen molar-refractivity contribution in [2.75, 3.05) is 0 Å². The molecule has 0 amide bonds. The molecule has 4 heterocycles. The van der Waals surface area contributed by atoms with E-state index in [0.717, 1.165) is 0 Å². The van der Waals surface area contributed by atoms with Gasteiger partial charge >= 0.3 is 0 Å². The molecule has 11 aromatic carbocycles. The maximum Gasteiger partial charge on any atom is 0.0548 e. The van der Waals surface area contributed by atoms with Crippen molar-refractivity contribution in [3.8, 4) is 33.6 Å². The van der Waals surface area contributed by atoms with Crippen LogP contribution in [0.4, 0.5) is 0 Å². The first kappa shape index (κ1) is 36.3. The van der Waals surface area contributed by atoms with E-state index in [0.29, 0.717) is 0 Å². The quantitative estimate of drug-likeness (QED) is 0.167. The Balaban J connectivity index is 0.917. The van der Waals surface area contributed by atoms with Crippen LogP contribution in [0.3, 0.4) is 0 Å². The highest BCUT2D eigenvalue weighted by atomic mass is 32.1. The third kappa shape index (κ3) is 5.11. The van der Waals surface area contributed by atoms with Crippen LogP contribution in [0.1, 0.15) is 0 Å². The van der Waals surface area contributed by atoms with Crippen LogP contribution in [0.25, 0.3) is 139 Å². The molecule has 66 heavy (non-hydrogen) atoms. The standard InChI is InChI=1S/C62H36N2S2/c1-3-15-43-39(11-1)13-9-19-49(43)63-51-29-27-41(35-47(51)59-53(63)31-33-57-61(59)45-17-5-7-21-55(45)65-57)37-23-25-38(26-24-37)42-28-30-52-48(36-42)60-54(32-34-58-62(60)46-18-6-8-22-56(46)66-58)64(52)50-20-10-14-40-12-2-4-16-44(40)50/h1-36H. The summed E-state index contributed by atoms with van der Waals surface area (Å²) < 4.78 is 10.3. The molecule has 306 valence electrons. The largest absolute Gasteiger partial charge is 0.309 e. The molecule has 0 radical (unpaired) electrons. The second-order valence-electron chi connectivity index (χ2n) is 17.6. The minimum Gasteiger partial charge on any atom is -0.309 e. The van der Waals surface area contributed by atoms with Gasteiger partial charge in [0.2, 0.25) is 0 Å². The molecular formula is C62H36N2S2. The Morgan fingerprint density at radius 3 is 1.09 bits per heavy atom. The van der Waals surface area contributed by atoms with Gasteiger partial charge in [-0.05, 0) is 106 Å². The van der Waals surface area contributed by atoms with E-state index in [4.69, 9.17) is 0 Å². The molecule has 0 fully saturated rings. The van der Waals surface area contributed by atoms with E-state index in [1.54, 1.807) is 0 Å². The molecule has 15 rings (SSSR count). The summed E-state index contributed by atoms with van der Waals surface area (Å²) in [7, 11) is 0. The molecule has 0 bridgehead atoms. The van der Waals surface area contributed by atoms with Crippen LogP contribution < -0.4 is 0 Å². The summed E-state index contributed by atoms with van der Waals surface area (Å²) in [5.41, 5.74) is 12.1. The minimum absolute atomic E-state index is 1.20. The van der Waals surface area contributed by atoms with Gasteiger partial charge in [0.05, 0.1) is 33.4 Å². The summed E-state index contributed by atoms with van der Waals surface area (Å²) in [6.07, 6.45) is 0. The third-order valence-electron chi connectivity index (χ3n) is 14.1. The Kier molecular flexibility index (Phi) is 7.57. The van der Waals surface area contributed by atoms with Crippen molar-refractivity contribution in [1.82, 2.24) is 9.13 Å². The van der Waals surface area contributed by atoms with Crippen LogP contribution in [0, 0.1) is 0 Å². The molecule has 15 aromatic rings. The molecule has 0 unspecified atom stereocenters. The summed E-state index contributed by atoms with van der Waals surface area (Å²) in [6.45, 7) is 0. The van der Waals surface area contributed by atoms with Gasteiger partial charge in [0, 0.05) is 72.7 Å². The maximum absolute atomic E-state index is 2.49. The fraction of sp³-hybridized carbons (Fsp3) is 0. The number of benzene rings is 11. The predicted molar refractivity (Wildman–Crippen MR) is 287 cm³/mol. The molecular weight excluding hydrogens is 837 g/mol. The summed E-state index contributed by atoms with van der Waals surface area (Å²) >= 11 is 3.77.